The molecule has 0 unspecified atom stereocenters. The molecular formula is C21H27N5O. The van der Waals surface area contributed by atoms with E-state index in [4.69, 9.17) is 4.74 Å². The van der Waals surface area contributed by atoms with Gasteiger partial charge in [0.2, 0.25) is 0 Å². The number of para-hydroxylation sites is 1. The molecule has 0 amide bonds. The lowest BCUT2D eigenvalue weighted by Gasteiger charge is -2.31. The van der Waals surface area contributed by atoms with Crippen molar-refractivity contribution in [3.8, 4) is 0 Å². The maximum Gasteiger partial charge on any atom is 0.157 e. The van der Waals surface area contributed by atoms with Crippen LogP contribution in [0.2, 0.25) is 0 Å². The highest BCUT2D eigenvalue weighted by molar-refractivity contribution is 5.78. The highest BCUT2D eigenvalue weighted by Crippen LogP contribution is 2.20. The molecule has 1 aromatic carbocycles. The van der Waals surface area contributed by atoms with E-state index in [0.29, 0.717) is 0 Å². The number of hydrogen-bond donors (Lipinski definition) is 0. The van der Waals surface area contributed by atoms with Gasteiger partial charge in [-0.1, -0.05) is 18.2 Å². The molecule has 1 saturated heterocycles. The van der Waals surface area contributed by atoms with Crippen molar-refractivity contribution < 1.29 is 4.74 Å². The fraction of sp³-hybridized carbons (Fsp3) is 0.429. The Balaban J connectivity index is 1.54. The summed E-state index contributed by atoms with van der Waals surface area (Å²) in [6, 6.07) is 12.9. The van der Waals surface area contributed by atoms with Gasteiger partial charge in [-0.05, 0) is 30.7 Å². The minimum absolute atomic E-state index is 0.839. The largest absolute Gasteiger partial charge is 0.379 e. The zero-order valence-electron chi connectivity index (χ0n) is 16.1. The number of hydrogen-bond acceptors (Lipinski definition) is 5. The first-order chi connectivity index (χ1) is 13.2. The van der Waals surface area contributed by atoms with E-state index in [1.54, 1.807) is 0 Å². The minimum Gasteiger partial charge on any atom is -0.379 e. The number of ether oxygens (including phenoxy) is 1. The molecule has 6 nitrogen and oxygen atoms in total. The molecule has 1 aliphatic rings. The summed E-state index contributed by atoms with van der Waals surface area (Å²) < 4.78 is 7.32. The van der Waals surface area contributed by atoms with Crippen LogP contribution in [0.1, 0.15) is 11.3 Å². The zero-order chi connectivity index (χ0) is 18.6. The number of aryl methyl sites for hydroxylation is 2. The SMILES string of the molecule is Cc1nn(C)c2ncc(CN(CCN3CCOCC3)c3ccccc3)cc12. The molecule has 0 bridgehead atoms. The van der Waals surface area contributed by atoms with Crippen molar-refractivity contribution in [2.45, 2.75) is 13.5 Å². The maximum absolute atomic E-state index is 5.47. The van der Waals surface area contributed by atoms with Gasteiger partial charge >= 0.3 is 0 Å². The molecule has 0 N–H and O–H groups in total. The highest BCUT2D eigenvalue weighted by atomic mass is 16.5. The minimum atomic E-state index is 0.839. The Bertz CT molecular complexity index is 886. The summed E-state index contributed by atoms with van der Waals surface area (Å²) in [4.78, 5) is 9.56. The Kier molecular flexibility index (Phi) is 5.36. The van der Waals surface area contributed by atoms with Gasteiger partial charge in [-0.15, -0.1) is 0 Å². The lowest BCUT2D eigenvalue weighted by atomic mass is 10.2. The first-order valence-corrected chi connectivity index (χ1v) is 9.59. The van der Waals surface area contributed by atoms with Crippen LogP contribution < -0.4 is 4.90 Å². The molecule has 0 saturated carbocycles. The van der Waals surface area contributed by atoms with E-state index in [1.807, 2.05) is 24.9 Å². The van der Waals surface area contributed by atoms with Crippen LogP contribution in [0.15, 0.2) is 42.6 Å². The van der Waals surface area contributed by atoms with Crippen molar-refractivity contribution in [2.24, 2.45) is 7.05 Å². The number of benzene rings is 1. The number of aromatic nitrogens is 3. The molecule has 4 rings (SSSR count). The molecule has 1 fully saturated rings. The van der Waals surface area contributed by atoms with Gasteiger partial charge in [-0.25, -0.2) is 4.98 Å². The Morgan fingerprint density at radius 3 is 2.70 bits per heavy atom. The summed E-state index contributed by atoms with van der Waals surface area (Å²) in [5, 5.41) is 5.62. The molecular weight excluding hydrogens is 338 g/mol. The number of rotatable bonds is 6. The van der Waals surface area contributed by atoms with Gasteiger partial charge in [-0.2, -0.15) is 5.10 Å². The van der Waals surface area contributed by atoms with Crippen LogP contribution in [0.5, 0.6) is 0 Å². The molecule has 3 aromatic rings. The van der Waals surface area contributed by atoms with Crippen LogP contribution >= 0.6 is 0 Å². The predicted octanol–water partition coefficient (Wildman–Crippen LogP) is 2.62. The second kappa shape index (κ2) is 8.06. The average molecular weight is 365 g/mol. The molecule has 0 atom stereocenters. The number of morpholine rings is 1. The normalized spacial score (nSPS) is 15.3. The van der Waals surface area contributed by atoms with Crippen LogP contribution in [-0.4, -0.2) is 59.1 Å². The second-order valence-electron chi connectivity index (χ2n) is 7.13. The van der Waals surface area contributed by atoms with Gasteiger partial charge in [0.1, 0.15) is 0 Å². The average Bonchev–Trinajstić information content (AvgIpc) is 3.00. The van der Waals surface area contributed by atoms with Crippen LogP contribution in [-0.2, 0) is 18.3 Å². The number of anilines is 1. The molecule has 0 aliphatic carbocycles. The molecule has 6 heteroatoms. The van der Waals surface area contributed by atoms with Crippen LogP contribution in [0.3, 0.4) is 0 Å². The Labute approximate surface area is 160 Å². The molecule has 2 aromatic heterocycles. The van der Waals surface area contributed by atoms with Gasteiger partial charge in [0.05, 0.1) is 18.9 Å². The number of fused-ring (bicyclic) bond motifs is 1. The maximum atomic E-state index is 5.47. The summed E-state index contributed by atoms with van der Waals surface area (Å²) in [6.45, 7) is 8.62. The number of pyridine rings is 1. The van der Waals surface area contributed by atoms with Crippen LogP contribution in [0.25, 0.3) is 11.0 Å². The lowest BCUT2D eigenvalue weighted by Crippen LogP contribution is -2.41. The van der Waals surface area contributed by atoms with E-state index < -0.39 is 0 Å². The van der Waals surface area contributed by atoms with Gasteiger partial charge < -0.3 is 9.64 Å². The Morgan fingerprint density at radius 2 is 1.93 bits per heavy atom. The lowest BCUT2D eigenvalue weighted by molar-refractivity contribution is 0.0391. The second-order valence-corrected chi connectivity index (χ2v) is 7.13. The van der Waals surface area contributed by atoms with Gasteiger partial charge in [0, 0.05) is 57.0 Å². The van der Waals surface area contributed by atoms with Crippen molar-refractivity contribution >= 4 is 16.7 Å². The first kappa shape index (κ1) is 17.9. The highest BCUT2D eigenvalue weighted by Gasteiger charge is 2.14. The molecule has 0 radical (unpaired) electrons. The van der Waals surface area contributed by atoms with Gasteiger partial charge in [-0.3, -0.25) is 9.58 Å². The van der Waals surface area contributed by atoms with Crippen molar-refractivity contribution in [3.05, 3.63) is 53.9 Å². The zero-order valence-corrected chi connectivity index (χ0v) is 16.1. The first-order valence-electron chi connectivity index (χ1n) is 9.59. The summed E-state index contributed by atoms with van der Waals surface area (Å²) in [5.74, 6) is 0. The monoisotopic (exact) mass is 365 g/mol. The summed E-state index contributed by atoms with van der Waals surface area (Å²) in [5.41, 5.74) is 4.43. The third-order valence-electron chi connectivity index (χ3n) is 5.20. The van der Waals surface area contributed by atoms with E-state index in [-0.39, 0.29) is 0 Å². The smallest absolute Gasteiger partial charge is 0.157 e. The van der Waals surface area contributed by atoms with Gasteiger partial charge in [0.15, 0.2) is 5.65 Å². The van der Waals surface area contributed by atoms with Crippen LogP contribution in [0, 0.1) is 6.92 Å². The standard InChI is InChI=1S/C21H27N5O/c1-17-20-14-18(15-22-21(20)24(2)23-17)16-26(19-6-4-3-5-7-19)9-8-25-10-12-27-13-11-25/h3-7,14-15H,8-13,16H2,1-2H3. The fourth-order valence-electron chi connectivity index (χ4n) is 3.68. The molecule has 3 heterocycles. The van der Waals surface area contributed by atoms with E-state index in [2.05, 4.69) is 56.3 Å². The van der Waals surface area contributed by atoms with E-state index in [1.165, 1.54) is 11.3 Å². The third-order valence-corrected chi connectivity index (χ3v) is 5.20. The summed E-state index contributed by atoms with van der Waals surface area (Å²) >= 11 is 0. The third kappa shape index (κ3) is 4.12. The van der Waals surface area contributed by atoms with E-state index >= 15 is 0 Å². The molecule has 27 heavy (non-hydrogen) atoms. The van der Waals surface area contributed by atoms with Crippen molar-refractivity contribution in [1.82, 2.24) is 19.7 Å². The summed E-state index contributed by atoms with van der Waals surface area (Å²) in [6.07, 6.45) is 1.98. The van der Waals surface area contributed by atoms with Crippen molar-refractivity contribution in [2.75, 3.05) is 44.3 Å². The van der Waals surface area contributed by atoms with E-state index in [9.17, 15) is 0 Å². The Morgan fingerprint density at radius 1 is 1.15 bits per heavy atom. The van der Waals surface area contributed by atoms with Crippen molar-refractivity contribution in [3.63, 3.8) is 0 Å². The molecule has 0 spiro atoms. The topological polar surface area (TPSA) is 46.4 Å². The number of nitrogens with zero attached hydrogens (tertiary/aromatic N) is 5. The van der Waals surface area contributed by atoms with Crippen LogP contribution in [0.4, 0.5) is 5.69 Å². The summed E-state index contributed by atoms with van der Waals surface area (Å²) in [7, 11) is 1.95. The molecule has 1 aliphatic heterocycles. The van der Waals surface area contributed by atoms with Gasteiger partial charge in [0.25, 0.3) is 0 Å². The predicted molar refractivity (Wildman–Crippen MR) is 108 cm³/mol. The van der Waals surface area contributed by atoms with Crippen molar-refractivity contribution in [1.29, 1.82) is 0 Å². The quantitative estimate of drug-likeness (QED) is 0.672. The Hall–Kier alpha value is -2.44. The molecule has 142 valence electrons. The fourth-order valence-corrected chi connectivity index (χ4v) is 3.68. The van der Waals surface area contributed by atoms with E-state index in [0.717, 1.165) is 62.7 Å².